The molecule has 86 valence electrons. The molecule has 2 bridgehead atoms. The van der Waals surface area contributed by atoms with Gasteiger partial charge in [-0.1, -0.05) is 24.5 Å². The van der Waals surface area contributed by atoms with E-state index in [-0.39, 0.29) is 5.92 Å². The second-order valence-electron chi connectivity index (χ2n) is 5.83. The van der Waals surface area contributed by atoms with Gasteiger partial charge in [-0.15, -0.1) is 0 Å². The van der Waals surface area contributed by atoms with Gasteiger partial charge in [-0.2, -0.15) is 0 Å². The Morgan fingerprint density at radius 2 is 2.00 bits per heavy atom. The molecule has 0 aromatic carbocycles. The molecule has 3 aliphatic carbocycles. The van der Waals surface area contributed by atoms with E-state index in [1.165, 1.54) is 36.8 Å². The highest BCUT2D eigenvalue weighted by Crippen LogP contribution is 2.48. The third-order valence-corrected chi connectivity index (χ3v) is 4.89. The Bertz CT molecular complexity index is 400. The van der Waals surface area contributed by atoms with E-state index >= 15 is 0 Å². The van der Waals surface area contributed by atoms with E-state index in [0.717, 1.165) is 23.8 Å². The van der Waals surface area contributed by atoms with Gasteiger partial charge in [-0.05, 0) is 56.1 Å². The molecule has 0 N–H and O–H groups in total. The molecule has 0 amide bonds. The molecule has 0 heterocycles. The van der Waals surface area contributed by atoms with Gasteiger partial charge in [-0.3, -0.25) is 4.79 Å². The topological polar surface area (TPSA) is 17.1 Å². The molecule has 0 aromatic rings. The Balaban J connectivity index is 2.01. The molecule has 16 heavy (non-hydrogen) atoms. The molecular weight excluding hydrogens is 196 g/mol. The van der Waals surface area contributed by atoms with Crippen molar-refractivity contribution >= 4 is 5.78 Å². The van der Waals surface area contributed by atoms with Gasteiger partial charge in [0, 0.05) is 5.92 Å². The Morgan fingerprint density at radius 3 is 2.81 bits per heavy atom. The number of carbonyl (C=O) groups excluding carboxylic acids is 1. The summed E-state index contributed by atoms with van der Waals surface area (Å²) in [5, 5.41) is 0. The first kappa shape index (κ1) is 10.3. The minimum absolute atomic E-state index is 0.257. The molecule has 2 fully saturated rings. The third kappa shape index (κ3) is 1.41. The monoisotopic (exact) mass is 216 g/mol. The van der Waals surface area contributed by atoms with Crippen LogP contribution in [0.2, 0.25) is 0 Å². The van der Waals surface area contributed by atoms with Gasteiger partial charge in [-0.25, -0.2) is 0 Å². The van der Waals surface area contributed by atoms with Crippen LogP contribution in [0.25, 0.3) is 0 Å². The van der Waals surface area contributed by atoms with Crippen molar-refractivity contribution in [1.82, 2.24) is 0 Å². The lowest BCUT2D eigenvalue weighted by Crippen LogP contribution is -2.35. The Morgan fingerprint density at radius 1 is 1.19 bits per heavy atom. The number of allylic oxidation sites excluding steroid dienone is 4. The average Bonchev–Trinajstić information content (AvgIpc) is 2.29. The number of rotatable bonds is 0. The normalized spacial score (nSPS) is 38.2. The minimum Gasteiger partial charge on any atom is -0.294 e. The minimum atomic E-state index is 0.257. The lowest BCUT2D eigenvalue weighted by molar-refractivity contribution is -0.119. The van der Waals surface area contributed by atoms with Crippen molar-refractivity contribution in [3.63, 3.8) is 0 Å². The second-order valence-corrected chi connectivity index (χ2v) is 5.83. The summed E-state index contributed by atoms with van der Waals surface area (Å²) in [6.45, 7) is 4.08. The molecule has 0 aliphatic heterocycles. The van der Waals surface area contributed by atoms with E-state index < -0.39 is 0 Å². The maximum atomic E-state index is 12.3. The van der Waals surface area contributed by atoms with E-state index in [0.29, 0.717) is 5.78 Å². The first-order valence-corrected chi connectivity index (χ1v) is 6.60. The van der Waals surface area contributed by atoms with Crippen molar-refractivity contribution in [2.45, 2.75) is 46.0 Å². The van der Waals surface area contributed by atoms with Crippen LogP contribution in [-0.4, -0.2) is 5.78 Å². The van der Waals surface area contributed by atoms with Crippen LogP contribution in [0.15, 0.2) is 22.8 Å². The van der Waals surface area contributed by atoms with E-state index in [9.17, 15) is 4.79 Å². The first-order chi connectivity index (χ1) is 7.66. The van der Waals surface area contributed by atoms with Crippen molar-refractivity contribution in [2.24, 2.45) is 17.8 Å². The fourth-order valence-corrected chi connectivity index (χ4v) is 3.85. The summed E-state index contributed by atoms with van der Waals surface area (Å²) in [7, 11) is 0. The zero-order valence-corrected chi connectivity index (χ0v) is 10.3. The highest BCUT2D eigenvalue weighted by molar-refractivity contribution is 6.01. The van der Waals surface area contributed by atoms with Crippen LogP contribution in [0.4, 0.5) is 0 Å². The predicted octanol–water partition coefficient (Wildman–Crippen LogP) is 3.66. The molecule has 1 nitrogen and oxygen atoms in total. The van der Waals surface area contributed by atoms with Gasteiger partial charge in [0.1, 0.15) is 0 Å². The highest BCUT2D eigenvalue weighted by atomic mass is 16.1. The Hall–Kier alpha value is -0.850. The molecule has 3 rings (SSSR count). The van der Waals surface area contributed by atoms with Crippen LogP contribution >= 0.6 is 0 Å². The van der Waals surface area contributed by atoms with Crippen LogP contribution in [-0.2, 0) is 4.79 Å². The summed E-state index contributed by atoms with van der Waals surface area (Å²) < 4.78 is 0. The summed E-state index contributed by atoms with van der Waals surface area (Å²) in [6.07, 6.45) is 8.85. The van der Waals surface area contributed by atoms with E-state index in [1.807, 2.05) is 6.92 Å². The summed E-state index contributed by atoms with van der Waals surface area (Å²) in [4.78, 5) is 12.3. The van der Waals surface area contributed by atoms with Gasteiger partial charge < -0.3 is 0 Å². The number of ketones is 1. The van der Waals surface area contributed by atoms with Crippen molar-refractivity contribution in [3.8, 4) is 0 Å². The first-order valence-electron chi connectivity index (χ1n) is 6.60. The zero-order valence-electron chi connectivity index (χ0n) is 10.3. The van der Waals surface area contributed by atoms with Crippen LogP contribution in [0.3, 0.4) is 0 Å². The SMILES string of the molecule is CC1=C(C)C(=O)[C@H]2CC3CCC[C@H](C3)C2=C1. The third-order valence-electron chi connectivity index (χ3n) is 4.89. The summed E-state index contributed by atoms with van der Waals surface area (Å²) >= 11 is 0. The predicted molar refractivity (Wildman–Crippen MR) is 65.0 cm³/mol. The molecule has 0 spiro atoms. The Labute approximate surface area is 97.6 Å². The fraction of sp³-hybridized carbons (Fsp3) is 0.667. The summed E-state index contributed by atoms with van der Waals surface area (Å²) in [6, 6.07) is 0. The van der Waals surface area contributed by atoms with Crippen molar-refractivity contribution in [2.75, 3.05) is 0 Å². The van der Waals surface area contributed by atoms with Crippen LogP contribution in [0.5, 0.6) is 0 Å². The molecule has 0 radical (unpaired) electrons. The smallest absolute Gasteiger partial charge is 0.165 e. The molecule has 1 heteroatoms. The lowest BCUT2D eigenvalue weighted by atomic mass is 9.62. The van der Waals surface area contributed by atoms with Crippen LogP contribution in [0.1, 0.15) is 46.0 Å². The van der Waals surface area contributed by atoms with E-state index in [4.69, 9.17) is 0 Å². The number of fused-ring (bicyclic) bond motifs is 4. The quantitative estimate of drug-likeness (QED) is 0.604. The average molecular weight is 216 g/mol. The molecule has 0 saturated heterocycles. The number of hydrogen-bond donors (Lipinski definition) is 0. The molecule has 0 aromatic heterocycles. The summed E-state index contributed by atoms with van der Waals surface area (Å²) in [5.41, 5.74) is 3.69. The molecule has 3 aliphatic rings. The highest BCUT2D eigenvalue weighted by Gasteiger charge is 2.40. The summed E-state index contributed by atoms with van der Waals surface area (Å²) in [5.74, 6) is 2.24. The molecule has 2 saturated carbocycles. The van der Waals surface area contributed by atoms with Crippen molar-refractivity contribution in [1.29, 1.82) is 0 Å². The molecule has 3 atom stereocenters. The fourth-order valence-electron chi connectivity index (χ4n) is 3.85. The maximum absolute atomic E-state index is 12.3. The van der Waals surface area contributed by atoms with E-state index in [2.05, 4.69) is 13.0 Å². The van der Waals surface area contributed by atoms with Gasteiger partial charge in [0.15, 0.2) is 5.78 Å². The largest absolute Gasteiger partial charge is 0.294 e. The van der Waals surface area contributed by atoms with Crippen molar-refractivity contribution in [3.05, 3.63) is 22.8 Å². The zero-order chi connectivity index (χ0) is 11.3. The van der Waals surface area contributed by atoms with Gasteiger partial charge in [0.05, 0.1) is 0 Å². The maximum Gasteiger partial charge on any atom is 0.165 e. The molecular formula is C15H20O. The number of hydrogen-bond acceptors (Lipinski definition) is 1. The van der Waals surface area contributed by atoms with E-state index in [1.54, 1.807) is 0 Å². The van der Waals surface area contributed by atoms with Crippen LogP contribution < -0.4 is 0 Å². The Kier molecular flexibility index (Phi) is 2.31. The number of Topliss-reactive ketones (excluding diaryl/α,β-unsaturated/α-hetero) is 1. The standard InChI is InChI=1S/C15H20O/c1-9-6-13-12-5-3-4-11(7-12)8-14(13)15(16)10(9)2/h6,11-12,14H,3-5,7-8H2,1-2H3/t11?,12-,14+/m1/s1. The van der Waals surface area contributed by atoms with Gasteiger partial charge in [0.2, 0.25) is 0 Å². The lowest BCUT2D eigenvalue weighted by Gasteiger charge is -2.42. The molecule has 1 unspecified atom stereocenters. The second kappa shape index (κ2) is 3.58. The number of carbonyl (C=O) groups is 1. The van der Waals surface area contributed by atoms with Crippen LogP contribution in [0, 0.1) is 17.8 Å². The van der Waals surface area contributed by atoms with Crippen molar-refractivity contribution < 1.29 is 4.79 Å². The van der Waals surface area contributed by atoms with Gasteiger partial charge >= 0.3 is 0 Å². The van der Waals surface area contributed by atoms with Gasteiger partial charge in [0.25, 0.3) is 0 Å².